The number of aryl methyl sites for hydroxylation is 1. The summed E-state index contributed by atoms with van der Waals surface area (Å²) in [5.41, 5.74) is 3.16. The van der Waals surface area contributed by atoms with Crippen LogP contribution in [0.5, 0.6) is 0 Å². The summed E-state index contributed by atoms with van der Waals surface area (Å²) in [5, 5.41) is 5.05. The van der Waals surface area contributed by atoms with Gasteiger partial charge in [-0.1, -0.05) is 0 Å². The average molecular weight is 264 g/mol. The van der Waals surface area contributed by atoms with Crippen molar-refractivity contribution in [3.8, 4) is 0 Å². The van der Waals surface area contributed by atoms with E-state index in [1.807, 2.05) is 0 Å². The SMILES string of the molecule is Cc1cccc2c3c([se]c12)CCNCC3. The Morgan fingerprint density at radius 3 is 3.00 bits per heavy atom. The van der Waals surface area contributed by atoms with Gasteiger partial charge in [-0.05, 0) is 0 Å². The second kappa shape index (κ2) is 3.79. The first-order valence-electron chi connectivity index (χ1n) is 5.57. The Morgan fingerprint density at radius 2 is 2.07 bits per heavy atom. The Hall–Kier alpha value is -0.561. The van der Waals surface area contributed by atoms with Crippen molar-refractivity contribution < 1.29 is 0 Å². The second-order valence-corrected chi connectivity index (χ2v) is 6.52. The third-order valence-electron chi connectivity index (χ3n) is 3.18. The van der Waals surface area contributed by atoms with E-state index >= 15 is 0 Å². The number of hydrogen-bond donors (Lipinski definition) is 1. The van der Waals surface area contributed by atoms with Crippen LogP contribution in [-0.2, 0) is 12.8 Å². The zero-order valence-corrected chi connectivity index (χ0v) is 10.7. The summed E-state index contributed by atoms with van der Waals surface area (Å²) >= 11 is 0.613. The minimum atomic E-state index is 0.613. The zero-order valence-electron chi connectivity index (χ0n) is 8.97. The molecule has 0 unspecified atom stereocenters. The summed E-state index contributed by atoms with van der Waals surface area (Å²) < 4.78 is 3.40. The van der Waals surface area contributed by atoms with E-state index in [0.29, 0.717) is 14.5 Å². The van der Waals surface area contributed by atoms with E-state index in [4.69, 9.17) is 0 Å². The molecule has 0 saturated heterocycles. The summed E-state index contributed by atoms with van der Waals surface area (Å²) in [6.07, 6.45) is 2.50. The van der Waals surface area contributed by atoms with Crippen molar-refractivity contribution in [2.75, 3.05) is 13.1 Å². The Balaban J connectivity index is 2.28. The fraction of sp³-hybridized carbons (Fsp3) is 0.385. The monoisotopic (exact) mass is 265 g/mol. The molecule has 1 aromatic carbocycles. The van der Waals surface area contributed by atoms with E-state index in [1.165, 1.54) is 24.9 Å². The maximum absolute atomic E-state index is 3.49. The van der Waals surface area contributed by atoms with Crippen LogP contribution in [0.3, 0.4) is 0 Å². The molecule has 0 saturated carbocycles. The number of rotatable bonds is 0. The van der Waals surface area contributed by atoms with Crippen molar-refractivity contribution in [3.63, 3.8) is 0 Å². The number of benzene rings is 1. The van der Waals surface area contributed by atoms with E-state index < -0.39 is 0 Å². The first-order chi connectivity index (χ1) is 7.36. The van der Waals surface area contributed by atoms with Gasteiger partial charge in [-0.2, -0.15) is 0 Å². The van der Waals surface area contributed by atoms with Gasteiger partial charge >= 0.3 is 96.1 Å². The van der Waals surface area contributed by atoms with Gasteiger partial charge in [0, 0.05) is 0 Å². The fourth-order valence-corrected chi connectivity index (χ4v) is 5.14. The predicted molar refractivity (Wildman–Crippen MR) is 65.9 cm³/mol. The molecule has 1 nitrogen and oxygen atoms in total. The van der Waals surface area contributed by atoms with E-state index in [1.54, 1.807) is 19.6 Å². The molecule has 0 amide bonds. The summed E-state index contributed by atoms with van der Waals surface area (Å²) in [6.45, 7) is 4.58. The van der Waals surface area contributed by atoms with E-state index in [2.05, 4.69) is 30.4 Å². The quantitative estimate of drug-likeness (QED) is 0.717. The van der Waals surface area contributed by atoms with Crippen molar-refractivity contribution in [3.05, 3.63) is 33.8 Å². The summed E-state index contributed by atoms with van der Waals surface area (Å²) in [6, 6.07) is 6.78. The van der Waals surface area contributed by atoms with Crippen molar-refractivity contribution in [2.24, 2.45) is 0 Å². The maximum atomic E-state index is 3.49. The van der Waals surface area contributed by atoms with Crippen LogP contribution in [0.1, 0.15) is 15.6 Å². The summed E-state index contributed by atoms with van der Waals surface area (Å²) in [5.74, 6) is 0. The first-order valence-corrected chi connectivity index (χ1v) is 7.28. The number of fused-ring (bicyclic) bond motifs is 3. The molecule has 3 rings (SSSR count). The molecule has 1 N–H and O–H groups in total. The van der Waals surface area contributed by atoms with Gasteiger partial charge in [0.15, 0.2) is 0 Å². The van der Waals surface area contributed by atoms with Gasteiger partial charge in [-0.25, -0.2) is 0 Å². The van der Waals surface area contributed by atoms with Crippen LogP contribution in [-0.4, -0.2) is 27.6 Å². The van der Waals surface area contributed by atoms with Crippen molar-refractivity contribution in [2.45, 2.75) is 19.8 Å². The van der Waals surface area contributed by atoms with Crippen LogP contribution in [0.2, 0.25) is 0 Å². The Bertz CT molecular complexity index is 498. The standard InChI is InChI=1S/C13H15NSe/c1-9-3-2-4-11-10-5-7-14-8-6-12(10)15-13(9)11/h2-4,14H,5-8H2,1H3. The van der Waals surface area contributed by atoms with Crippen molar-refractivity contribution in [1.82, 2.24) is 5.32 Å². The van der Waals surface area contributed by atoms with Gasteiger partial charge in [0.05, 0.1) is 0 Å². The molecule has 0 radical (unpaired) electrons. The van der Waals surface area contributed by atoms with E-state index in [9.17, 15) is 0 Å². The van der Waals surface area contributed by atoms with Gasteiger partial charge < -0.3 is 0 Å². The normalized spacial score (nSPS) is 16.3. The molecule has 15 heavy (non-hydrogen) atoms. The molecular formula is C13H15NSe. The van der Waals surface area contributed by atoms with Gasteiger partial charge in [0.2, 0.25) is 0 Å². The molecule has 0 bridgehead atoms. The third kappa shape index (κ3) is 1.57. The third-order valence-corrected chi connectivity index (χ3v) is 6.21. The van der Waals surface area contributed by atoms with Gasteiger partial charge in [0.1, 0.15) is 0 Å². The van der Waals surface area contributed by atoms with Crippen LogP contribution in [0.25, 0.3) is 9.65 Å². The fourth-order valence-electron chi connectivity index (χ4n) is 2.38. The van der Waals surface area contributed by atoms with E-state index in [-0.39, 0.29) is 0 Å². The number of hydrogen-bond acceptors (Lipinski definition) is 1. The topological polar surface area (TPSA) is 12.0 Å². The molecule has 2 heterocycles. The molecule has 0 aliphatic carbocycles. The van der Waals surface area contributed by atoms with Gasteiger partial charge in [-0.15, -0.1) is 0 Å². The molecule has 0 atom stereocenters. The van der Waals surface area contributed by atoms with Crippen LogP contribution in [0, 0.1) is 6.92 Å². The average Bonchev–Trinajstić information content (AvgIpc) is 2.45. The Labute approximate surface area is 96.2 Å². The molecule has 78 valence electrons. The second-order valence-electron chi connectivity index (χ2n) is 4.21. The Kier molecular flexibility index (Phi) is 2.44. The van der Waals surface area contributed by atoms with Crippen LogP contribution in [0.4, 0.5) is 0 Å². The predicted octanol–water partition coefficient (Wildman–Crippen LogP) is 1.89. The molecule has 0 fully saturated rings. The van der Waals surface area contributed by atoms with E-state index in [0.717, 1.165) is 6.54 Å². The molecule has 2 heteroatoms. The molecule has 0 spiro atoms. The Morgan fingerprint density at radius 1 is 1.20 bits per heavy atom. The summed E-state index contributed by atoms with van der Waals surface area (Å²) in [4.78, 5) is 0. The molecule has 1 aliphatic rings. The van der Waals surface area contributed by atoms with Gasteiger partial charge in [0.25, 0.3) is 0 Å². The minimum absolute atomic E-state index is 0.613. The van der Waals surface area contributed by atoms with Crippen molar-refractivity contribution >= 4 is 24.1 Å². The molecule has 1 aliphatic heterocycles. The van der Waals surface area contributed by atoms with Crippen LogP contribution >= 0.6 is 0 Å². The molecule has 1 aromatic heterocycles. The molecule has 2 aromatic rings. The van der Waals surface area contributed by atoms with Crippen molar-refractivity contribution in [1.29, 1.82) is 0 Å². The first kappa shape index (κ1) is 9.65. The summed E-state index contributed by atoms with van der Waals surface area (Å²) in [7, 11) is 0. The number of nitrogens with one attached hydrogen (secondary N) is 1. The van der Waals surface area contributed by atoms with Crippen LogP contribution < -0.4 is 5.32 Å². The van der Waals surface area contributed by atoms with Gasteiger partial charge in [-0.3, -0.25) is 0 Å². The zero-order chi connectivity index (χ0) is 10.3. The van der Waals surface area contributed by atoms with Crippen LogP contribution in [0.15, 0.2) is 18.2 Å². The molecular weight excluding hydrogens is 249 g/mol.